The van der Waals surface area contributed by atoms with E-state index < -0.39 is 18.1 Å². The number of fused-ring (bicyclic) bond motifs is 1. The standard InChI is InChI=1S/C23H38N4O4S/c1-3-15(2)20(25-11-18(24)14-32)13-27-12-17-7-5-4-6-16(17)10-21(27)22(29)26-19(8-9-28)23(30)31/h4-7,15,18-21,25,28,32H,3,8-14,24H2,1-2H3,(H,26,29)(H,30,31)/t15?,18-,19+,20-,21+/m1/s1. The van der Waals surface area contributed by atoms with Gasteiger partial charge in [-0.3, -0.25) is 9.69 Å². The Hall–Kier alpha value is -1.65. The van der Waals surface area contributed by atoms with Gasteiger partial charge in [0.05, 0.1) is 6.04 Å². The van der Waals surface area contributed by atoms with Crippen LogP contribution in [0, 0.1) is 5.92 Å². The Bertz CT molecular complexity index is 750. The van der Waals surface area contributed by atoms with Crippen LogP contribution in [-0.4, -0.2) is 76.6 Å². The molecular formula is C23H38N4O4S. The van der Waals surface area contributed by atoms with Crippen molar-refractivity contribution in [3.63, 3.8) is 0 Å². The molecule has 1 aromatic carbocycles. The predicted octanol–water partition coefficient (Wildman–Crippen LogP) is 0.627. The minimum Gasteiger partial charge on any atom is -0.480 e. The zero-order valence-electron chi connectivity index (χ0n) is 19.0. The average molecular weight is 467 g/mol. The van der Waals surface area contributed by atoms with Crippen LogP contribution in [0.1, 0.15) is 37.8 Å². The number of carbonyl (C=O) groups is 2. The van der Waals surface area contributed by atoms with E-state index in [1.807, 2.05) is 18.2 Å². The number of hydrogen-bond acceptors (Lipinski definition) is 7. The summed E-state index contributed by atoms with van der Waals surface area (Å²) in [5, 5.41) is 24.8. The lowest BCUT2D eigenvalue weighted by molar-refractivity contribution is -0.143. The van der Waals surface area contributed by atoms with E-state index in [0.717, 1.165) is 12.0 Å². The highest BCUT2D eigenvalue weighted by molar-refractivity contribution is 7.80. The molecule has 0 bridgehead atoms. The second-order valence-electron chi connectivity index (χ2n) is 8.67. The number of aliphatic hydroxyl groups is 1. The third-order valence-electron chi connectivity index (χ3n) is 6.32. The predicted molar refractivity (Wildman–Crippen MR) is 129 cm³/mol. The number of carboxylic acid groups (broad SMARTS) is 1. The van der Waals surface area contributed by atoms with Gasteiger partial charge < -0.3 is 26.6 Å². The maximum absolute atomic E-state index is 13.2. The maximum atomic E-state index is 13.2. The summed E-state index contributed by atoms with van der Waals surface area (Å²) < 4.78 is 0. The van der Waals surface area contributed by atoms with Crippen molar-refractivity contribution in [3.05, 3.63) is 35.4 Å². The third kappa shape index (κ3) is 7.45. The molecule has 1 aliphatic heterocycles. The molecular weight excluding hydrogens is 428 g/mol. The highest BCUT2D eigenvalue weighted by Gasteiger charge is 2.35. The van der Waals surface area contributed by atoms with Crippen LogP contribution in [0.5, 0.6) is 0 Å². The number of aliphatic carboxylic acids is 1. The lowest BCUT2D eigenvalue weighted by Crippen LogP contribution is -2.57. The minimum absolute atomic E-state index is 0.0248. The van der Waals surface area contributed by atoms with Crippen LogP contribution in [0.2, 0.25) is 0 Å². The topological polar surface area (TPSA) is 128 Å². The molecule has 0 spiro atoms. The number of benzene rings is 1. The maximum Gasteiger partial charge on any atom is 0.326 e. The summed E-state index contributed by atoms with van der Waals surface area (Å²) in [6.07, 6.45) is 1.46. The van der Waals surface area contributed by atoms with Crippen molar-refractivity contribution in [1.29, 1.82) is 0 Å². The molecule has 32 heavy (non-hydrogen) atoms. The molecule has 0 saturated carbocycles. The first-order valence-electron chi connectivity index (χ1n) is 11.3. The first-order chi connectivity index (χ1) is 15.3. The van der Waals surface area contributed by atoms with E-state index in [1.165, 1.54) is 5.56 Å². The Morgan fingerprint density at radius 2 is 2.00 bits per heavy atom. The fraction of sp³-hybridized carbons (Fsp3) is 0.652. The minimum atomic E-state index is -1.14. The van der Waals surface area contributed by atoms with Crippen LogP contribution in [0.15, 0.2) is 24.3 Å². The van der Waals surface area contributed by atoms with Gasteiger partial charge in [-0.1, -0.05) is 44.5 Å². The molecule has 180 valence electrons. The molecule has 0 fully saturated rings. The zero-order chi connectivity index (χ0) is 23.7. The van der Waals surface area contributed by atoms with Crippen molar-refractivity contribution in [2.75, 3.05) is 25.4 Å². The van der Waals surface area contributed by atoms with Crippen LogP contribution >= 0.6 is 12.6 Å². The number of nitrogens with one attached hydrogen (secondary N) is 2. The summed E-state index contributed by atoms with van der Waals surface area (Å²) in [4.78, 5) is 26.8. The van der Waals surface area contributed by atoms with E-state index >= 15 is 0 Å². The number of aliphatic hydroxyl groups excluding tert-OH is 1. The fourth-order valence-corrected chi connectivity index (χ4v) is 4.16. The first-order valence-corrected chi connectivity index (χ1v) is 12.0. The molecule has 1 heterocycles. The number of nitrogens with zero attached hydrogens (tertiary/aromatic N) is 1. The van der Waals surface area contributed by atoms with Gasteiger partial charge in [-0.25, -0.2) is 4.79 Å². The van der Waals surface area contributed by atoms with Gasteiger partial charge in [-0.05, 0) is 23.5 Å². The van der Waals surface area contributed by atoms with Crippen molar-refractivity contribution in [1.82, 2.24) is 15.5 Å². The van der Waals surface area contributed by atoms with Crippen molar-refractivity contribution in [2.45, 2.75) is 63.8 Å². The van der Waals surface area contributed by atoms with E-state index in [-0.39, 0.29) is 31.0 Å². The summed E-state index contributed by atoms with van der Waals surface area (Å²) >= 11 is 4.27. The number of thiol groups is 1. The van der Waals surface area contributed by atoms with Crippen molar-refractivity contribution in [2.24, 2.45) is 11.7 Å². The summed E-state index contributed by atoms with van der Waals surface area (Å²) in [5.41, 5.74) is 8.33. The molecule has 0 saturated heterocycles. The lowest BCUT2D eigenvalue weighted by atomic mass is 9.91. The molecule has 8 nitrogen and oxygen atoms in total. The Balaban J connectivity index is 2.24. The molecule has 1 aliphatic rings. The Kier molecular flexibility index (Phi) is 10.9. The van der Waals surface area contributed by atoms with Gasteiger partial charge in [0.2, 0.25) is 5.91 Å². The molecule has 0 aliphatic carbocycles. The van der Waals surface area contributed by atoms with Gasteiger partial charge in [0.1, 0.15) is 6.04 Å². The SMILES string of the molecule is CCC(C)[C@@H](CN1Cc2ccccc2C[C@H]1C(=O)N[C@@H](CCO)C(=O)O)NC[C@@H](N)CS. The third-order valence-corrected chi connectivity index (χ3v) is 6.79. The summed E-state index contributed by atoms with van der Waals surface area (Å²) in [6, 6.07) is 6.52. The second kappa shape index (κ2) is 13.2. The molecule has 1 aromatic rings. The quantitative estimate of drug-likeness (QED) is 0.235. The molecule has 2 rings (SSSR count). The number of carboxylic acids is 1. The van der Waals surface area contributed by atoms with Gasteiger partial charge >= 0.3 is 5.97 Å². The van der Waals surface area contributed by atoms with E-state index in [9.17, 15) is 19.8 Å². The first kappa shape index (κ1) is 26.6. The van der Waals surface area contributed by atoms with Crippen LogP contribution in [0.4, 0.5) is 0 Å². The van der Waals surface area contributed by atoms with Crippen LogP contribution in [0.3, 0.4) is 0 Å². The van der Waals surface area contributed by atoms with E-state index in [4.69, 9.17) is 5.73 Å². The van der Waals surface area contributed by atoms with Crippen LogP contribution in [-0.2, 0) is 22.6 Å². The Morgan fingerprint density at radius 3 is 2.59 bits per heavy atom. The molecule has 9 heteroatoms. The number of amides is 1. The van der Waals surface area contributed by atoms with Crippen LogP contribution < -0.4 is 16.4 Å². The molecule has 5 atom stereocenters. The van der Waals surface area contributed by atoms with E-state index in [1.54, 1.807) is 0 Å². The van der Waals surface area contributed by atoms with Gasteiger partial charge in [0.25, 0.3) is 0 Å². The van der Waals surface area contributed by atoms with E-state index in [2.05, 4.69) is 48.1 Å². The van der Waals surface area contributed by atoms with Crippen molar-refractivity contribution in [3.8, 4) is 0 Å². The highest BCUT2D eigenvalue weighted by Crippen LogP contribution is 2.25. The largest absolute Gasteiger partial charge is 0.480 e. The molecule has 1 unspecified atom stereocenters. The number of hydrogen-bond donors (Lipinski definition) is 6. The summed E-state index contributed by atoms with van der Waals surface area (Å²) in [7, 11) is 0. The van der Waals surface area contributed by atoms with Gasteiger partial charge in [0.15, 0.2) is 0 Å². The monoisotopic (exact) mass is 466 g/mol. The summed E-state index contributed by atoms with van der Waals surface area (Å²) in [6.45, 7) is 5.90. The van der Waals surface area contributed by atoms with Gasteiger partial charge in [0, 0.05) is 50.5 Å². The molecule has 1 amide bonds. The molecule has 6 N–H and O–H groups in total. The Morgan fingerprint density at radius 1 is 1.31 bits per heavy atom. The highest BCUT2D eigenvalue weighted by atomic mass is 32.1. The Labute approximate surface area is 196 Å². The molecule has 0 aromatic heterocycles. The number of carbonyl (C=O) groups excluding carboxylic acids is 1. The normalized spacial score (nSPS) is 20.1. The smallest absolute Gasteiger partial charge is 0.326 e. The van der Waals surface area contributed by atoms with E-state index in [0.29, 0.717) is 37.7 Å². The number of rotatable bonds is 13. The van der Waals surface area contributed by atoms with Crippen molar-refractivity contribution < 1.29 is 19.8 Å². The number of nitrogens with two attached hydrogens (primary N) is 1. The van der Waals surface area contributed by atoms with Crippen molar-refractivity contribution >= 4 is 24.5 Å². The van der Waals surface area contributed by atoms with Crippen LogP contribution in [0.25, 0.3) is 0 Å². The van der Waals surface area contributed by atoms with Gasteiger partial charge in [-0.15, -0.1) is 0 Å². The summed E-state index contributed by atoms with van der Waals surface area (Å²) in [5.74, 6) is -0.515. The lowest BCUT2D eigenvalue weighted by Gasteiger charge is -2.40. The fourth-order valence-electron chi connectivity index (χ4n) is 4.03. The molecule has 0 radical (unpaired) electrons. The van der Waals surface area contributed by atoms with Gasteiger partial charge in [-0.2, -0.15) is 12.6 Å². The second-order valence-corrected chi connectivity index (χ2v) is 9.04. The average Bonchev–Trinajstić information content (AvgIpc) is 2.79. The zero-order valence-corrected chi connectivity index (χ0v) is 19.9.